The predicted molar refractivity (Wildman–Crippen MR) is 104 cm³/mol. The van der Waals surface area contributed by atoms with E-state index in [0.717, 1.165) is 44.9 Å². The van der Waals surface area contributed by atoms with Crippen molar-refractivity contribution in [3.8, 4) is 0 Å². The lowest BCUT2D eigenvalue weighted by Gasteiger charge is -2.29. The summed E-state index contributed by atoms with van der Waals surface area (Å²) < 4.78 is 5.10. The van der Waals surface area contributed by atoms with Crippen molar-refractivity contribution < 1.29 is 23.9 Å². The fraction of sp³-hybridized carbons (Fsp3) is 0.545. The molecule has 1 N–H and O–H groups in total. The van der Waals surface area contributed by atoms with Gasteiger partial charge in [-0.1, -0.05) is 19.3 Å². The monoisotopic (exact) mass is 398 g/mol. The van der Waals surface area contributed by atoms with Crippen LogP contribution in [-0.4, -0.2) is 47.3 Å². The third-order valence-corrected chi connectivity index (χ3v) is 6.15. The van der Waals surface area contributed by atoms with E-state index in [1.807, 2.05) is 6.92 Å². The lowest BCUT2D eigenvalue weighted by atomic mass is 9.94. The Bertz CT molecular complexity index is 855. The Morgan fingerprint density at radius 3 is 2.45 bits per heavy atom. The number of carbonyl (C=O) groups is 4. The van der Waals surface area contributed by atoms with Crippen molar-refractivity contribution in [2.75, 3.05) is 6.61 Å². The Morgan fingerprint density at radius 1 is 1.07 bits per heavy atom. The average Bonchev–Trinajstić information content (AvgIpc) is 3.54. The van der Waals surface area contributed by atoms with E-state index in [2.05, 4.69) is 5.32 Å². The molecule has 0 radical (unpaired) electrons. The zero-order valence-corrected chi connectivity index (χ0v) is 16.6. The number of amides is 3. The topological polar surface area (TPSA) is 92.8 Å². The molecule has 1 aliphatic heterocycles. The number of imide groups is 1. The van der Waals surface area contributed by atoms with Crippen molar-refractivity contribution >= 4 is 23.7 Å². The van der Waals surface area contributed by atoms with Gasteiger partial charge >= 0.3 is 5.97 Å². The second-order valence-corrected chi connectivity index (χ2v) is 8.30. The van der Waals surface area contributed by atoms with Gasteiger partial charge in [0.15, 0.2) is 6.61 Å². The lowest BCUT2D eigenvalue weighted by molar-refractivity contribution is -0.125. The molecule has 4 rings (SSSR count). The van der Waals surface area contributed by atoms with Crippen molar-refractivity contribution in [1.82, 2.24) is 10.2 Å². The van der Waals surface area contributed by atoms with Gasteiger partial charge < -0.3 is 10.1 Å². The molecule has 1 atom stereocenters. The summed E-state index contributed by atoms with van der Waals surface area (Å²) in [4.78, 5) is 51.1. The van der Waals surface area contributed by atoms with Crippen LogP contribution in [0.15, 0.2) is 18.2 Å². The molecule has 0 spiro atoms. The first-order valence-corrected chi connectivity index (χ1v) is 10.4. The van der Waals surface area contributed by atoms with E-state index in [1.165, 1.54) is 23.1 Å². The maximum absolute atomic E-state index is 12.8. The van der Waals surface area contributed by atoms with E-state index in [1.54, 1.807) is 0 Å². The van der Waals surface area contributed by atoms with Crippen LogP contribution >= 0.6 is 0 Å². The number of esters is 1. The number of ether oxygens (including phenoxy) is 1. The third kappa shape index (κ3) is 4.04. The zero-order valence-electron chi connectivity index (χ0n) is 16.6. The summed E-state index contributed by atoms with van der Waals surface area (Å²) in [5, 5.41) is 2.82. The second kappa shape index (κ2) is 7.97. The fourth-order valence-electron chi connectivity index (χ4n) is 4.28. The van der Waals surface area contributed by atoms with Crippen LogP contribution in [0.25, 0.3) is 0 Å². The summed E-state index contributed by atoms with van der Waals surface area (Å²) in [7, 11) is 0. The number of rotatable bonds is 6. The molecule has 154 valence electrons. The summed E-state index contributed by atoms with van der Waals surface area (Å²) in [5.41, 5.74) is 0.730. The van der Waals surface area contributed by atoms with Gasteiger partial charge in [-0.05, 0) is 56.7 Å². The van der Waals surface area contributed by atoms with E-state index >= 15 is 0 Å². The predicted octanol–water partition coefficient (Wildman–Crippen LogP) is 2.69. The number of carbonyl (C=O) groups excluding carboxylic acids is 4. The van der Waals surface area contributed by atoms with E-state index in [-0.39, 0.29) is 47.5 Å². The van der Waals surface area contributed by atoms with Crippen LogP contribution in [0.2, 0.25) is 0 Å². The van der Waals surface area contributed by atoms with Crippen LogP contribution in [0.4, 0.5) is 0 Å². The highest BCUT2D eigenvalue weighted by Crippen LogP contribution is 2.32. The van der Waals surface area contributed by atoms with E-state index < -0.39 is 5.97 Å². The summed E-state index contributed by atoms with van der Waals surface area (Å²) in [5.74, 6) is -1.14. The molecule has 0 saturated heterocycles. The van der Waals surface area contributed by atoms with Gasteiger partial charge in [-0.15, -0.1) is 0 Å². The molecule has 1 heterocycles. The van der Waals surface area contributed by atoms with Crippen LogP contribution in [0, 0.1) is 5.92 Å². The molecule has 0 aromatic heterocycles. The standard InChI is InChI=1S/C22H26N2O5/c1-13(14-7-8-14)23-19(25)12-29-22(28)15-9-10-17-18(11-15)21(27)24(20(17)26)16-5-3-2-4-6-16/h9-11,13-14,16H,2-8,12H2,1H3,(H,23,25)/t13-/m1/s1. The van der Waals surface area contributed by atoms with Crippen molar-refractivity contribution in [1.29, 1.82) is 0 Å². The Hall–Kier alpha value is -2.70. The fourth-order valence-corrected chi connectivity index (χ4v) is 4.28. The van der Waals surface area contributed by atoms with Crippen LogP contribution < -0.4 is 5.32 Å². The first-order chi connectivity index (χ1) is 14.0. The number of nitrogens with one attached hydrogen (secondary N) is 1. The number of nitrogens with zero attached hydrogens (tertiary/aromatic N) is 1. The van der Waals surface area contributed by atoms with Gasteiger partial charge in [0.05, 0.1) is 16.7 Å². The molecular formula is C22H26N2O5. The van der Waals surface area contributed by atoms with E-state index in [0.29, 0.717) is 11.5 Å². The maximum Gasteiger partial charge on any atom is 0.338 e. The molecule has 2 fully saturated rings. The average molecular weight is 398 g/mol. The van der Waals surface area contributed by atoms with Crippen LogP contribution in [-0.2, 0) is 9.53 Å². The highest BCUT2D eigenvalue weighted by Gasteiger charge is 2.40. The number of benzene rings is 1. The maximum atomic E-state index is 12.8. The van der Waals surface area contributed by atoms with Gasteiger partial charge in [-0.3, -0.25) is 19.3 Å². The highest BCUT2D eigenvalue weighted by atomic mass is 16.5. The summed E-state index contributed by atoms with van der Waals surface area (Å²) in [6.07, 6.45) is 7.03. The summed E-state index contributed by atoms with van der Waals surface area (Å²) in [6.45, 7) is 1.58. The van der Waals surface area contributed by atoms with Crippen molar-refractivity contribution in [2.45, 2.75) is 64.0 Å². The molecule has 0 bridgehead atoms. The largest absolute Gasteiger partial charge is 0.452 e. The molecule has 0 unspecified atom stereocenters. The number of hydrogen-bond acceptors (Lipinski definition) is 5. The second-order valence-electron chi connectivity index (χ2n) is 8.30. The number of fused-ring (bicyclic) bond motifs is 1. The first kappa shape index (κ1) is 19.6. The van der Waals surface area contributed by atoms with Gasteiger partial charge in [0.25, 0.3) is 17.7 Å². The third-order valence-electron chi connectivity index (χ3n) is 6.15. The minimum absolute atomic E-state index is 0.0660. The van der Waals surface area contributed by atoms with Gasteiger partial charge in [0, 0.05) is 12.1 Å². The molecule has 3 aliphatic rings. The van der Waals surface area contributed by atoms with Crippen molar-refractivity contribution in [3.05, 3.63) is 34.9 Å². The summed E-state index contributed by atoms with van der Waals surface area (Å²) in [6, 6.07) is 4.40. The smallest absolute Gasteiger partial charge is 0.338 e. The molecule has 2 aliphatic carbocycles. The molecule has 2 saturated carbocycles. The number of hydrogen-bond donors (Lipinski definition) is 1. The zero-order chi connectivity index (χ0) is 20.5. The lowest BCUT2D eigenvalue weighted by Crippen LogP contribution is -2.40. The van der Waals surface area contributed by atoms with Gasteiger partial charge in [-0.2, -0.15) is 0 Å². The molecule has 1 aromatic rings. The Morgan fingerprint density at radius 2 is 1.76 bits per heavy atom. The van der Waals surface area contributed by atoms with Crippen LogP contribution in [0.1, 0.15) is 82.9 Å². The van der Waals surface area contributed by atoms with Crippen molar-refractivity contribution in [3.63, 3.8) is 0 Å². The molecule has 7 heteroatoms. The van der Waals surface area contributed by atoms with Gasteiger partial charge in [0.1, 0.15) is 0 Å². The minimum atomic E-state index is -0.682. The first-order valence-electron chi connectivity index (χ1n) is 10.4. The molecular weight excluding hydrogens is 372 g/mol. The normalized spacial score (nSPS) is 20.4. The minimum Gasteiger partial charge on any atom is -0.452 e. The molecule has 29 heavy (non-hydrogen) atoms. The highest BCUT2D eigenvalue weighted by molar-refractivity contribution is 6.22. The van der Waals surface area contributed by atoms with E-state index in [9.17, 15) is 19.2 Å². The molecule has 3 amide bonds. The molecule has 1 aromatic carbocycles. The Kier molecular flexibility index (Phi) is 5.39. The Balaban J connectivity index is 1.40. The van der Waals surface area contributed by atoms with E-state index in [4.69, 9.17) is 4.74 Å². The SMILES string of the molecule is C[C@@H](NC(=O)COC(=O)c1ccc2c(c1)C(=O)N(C1CCCCC1)C2=O)C1CC1. The van der Waals surface area contributed by atoms with Crippen LogP contribution in [0.3, 0.4) is 0 Å². The summed E-state index contributed by atoms with van der Waals surface area (Å²) >= 11 is 0. The van der Waals surface area contributed by atoms with Crippen molar-refractivity contribution in [2.24, 2.45) is 5.92 Å². The van der Waals surface area contributed by atoms with Gasteiger partial charge in [0.2, 0.25) is 0 Å². The Labute approximate surface area is 169 Å². The quantitative estimate of drug-likeness (QED) is 0.587. The van der Waals surface area contributed by atoms with Crippen LogP contribution in [0.5, 0.6) is 0 Å². The van der Waals surface area contributed by atoms with Gasteiger partial charge in [-0.25, -0.2) is 4.79 Å². The molecule has 7 nitrogen and oxygen atoms in total.